The van der Waals surface area contributed by atoms with Crippen molar-refractivity contribution in [1.82, 2.24) is 9.80 Å². The second-order valence-corrected chi connectivity index (χ2v) is 6.04. The summed E-state index contributed by atoms with van der Waals surface area (Å²) in [6.45, 7) is 9.73. The molecule has 1 heterocycles. The zero-order chi connectivity index (χ0) is 16.3. The molecular formula is C17H24N2O3. The average molecular weight is 304 g/mol. The number of hydrogen-bond acceptors (Lipinski definition) is 4. The molecule has 22 heavy (non-hydrogen) atoms. The first-order valence-electron chi connectivity index (χ1n) is 7.65. The van der Waals surface area contributed by atoms with Gasteiger partial charge < -0.3 is 9.64 Å². The van der Waals surface area contributed by atoms with Gasteiger partial charge in [0.05, 0.1) is 0 Å². The smallest absolute Gasteiger partial charge is 0.308 e. The number of amides is 1. The minimum absolute atomic E-state index is 0.143. The monoisotopic (exact) mass is 304 g/mol. The normalized spacial score (nSPS) is 22.5. The zero-order valence-electron chi connectivity index (χ0n) is 13.7. The second-order valence-electron chi connectivity index (χ2n) is 6.04. The van der Waals surface area contributed by atoms with Gasteiger partial charge in [0, 0.05) is 45.6 Å². The van der Waals surface area contributed by atoms with E-state index in [1.165, 1.54) is 12.5 Å². The first-order chi connectivity index (χ1) is 10.4. The molecule has 1 saturated heterocycles. The van der Waals surface area contributed by atoms with Crippen molar-refractivity contribution in [2.24, 2.45) is 0 Å². The highest BCUT2D eigenvalue weighted by Gasteiger charge is 2.30. The van der Waals surface area contributed by atoms with Crippen molar-refractivity contribution < 1.29 is 14.3 Å². The number of hydrogen-bond donors (Lipinski definition) is 0. The van der Waals surface area contributed by atoms with Gasteiger partial charge in [-0.2, -0.15) is 0 Å². The fraction of sp³-hybridized carbons (Fsp3) is 0.529. The summed E-state index contributed by atoms with van der Waals surface area (Å²) in [6.07, 6.45) is 0. The Morgan fingerprint density at radius 3 is 2.27 bits per heavy atom. The summed E-state index contributed by atoms with van der Waals surface area (Å²) in [4.78, 5) is 26.8. The molecular weight excluding hydrogens is 280 g/mol. The van der Waals surface area contributed by atoms with E-state index in [4.69, 9.17) is 4.74 Å². The zero-order valence-corrected chi connectivity index (χ0v) is 13.7. The van der Waals surface area contributed by atoms with Crippen molar-refractivity contribution in [3.8, 4) is 5.75 Å². The maximum absolute atomic E-state index is 11.6. The predicted octanol–water partition coefficient (Wildman–Crippen LogP) is 2.05. The molecule has 1 fully saturated rings. The van der Waals surface area contributed by atoms with E-state index < -0.39 is 0 Å². The summed E-state index contributed by atoms with van der Waals surface area (Å²) < 4.78 is 5.04. The van der Waals surface area contributed by atoms with Crippen LogP contribution in [-0.4, -0.2) is 46.8 Å². The lowest BCUT2D eigenvalue weighted by molar-refractivity contribution is -0.135. The number of rotatable bonds is 3. The van der Waals surface area contributed by atoms with Gasteiger partial charge >= 0.3 is 5.97 Å². The van der Waals surface area contributed by atoms with Crippen LogP contribution < -0.4 is 4.74 Å². The highest BCUT2D eigenvalue weighted by Crippen LogP contribution is 2.20. The van der Waals surface area contributed by atoms with E-state index in [2.05, 4.69) is 18.7 Å². The molecule has 1 aromatic carbocycles. The summed E-state index contributed by atoms with van der Waals surface area (Å²) >= 11 is 0. The van der Waals surface area contributed by atoms with Crippen LogP contribution in [0.2, 0.25) is 0 Å². The van der Waals surface area contributed by atoms with E-state index in [1.54, 1.807) is 6.92 Å². The lowest BCUT2D eigenvalue weighted by Gasteiger charge is -2.43. The highest BCUT2D eigenvalue weighted by molar-refractivity contribution is 5.73. The Balaban J connectivity index is 1.98. The summed E-state index contributed by atoms with van der Waals surface area (Å²) in [6, 6.07) is 8.15. The van der Waals surface area contributed by atoms with E-state index in [9.17, 15) is 9.59 Å². The van der Waals surface area contributed by atoms with Crippen LogP contribution in [0.5, 0.6) is 5.75 Å². The van der Waals surface area contributed by atoms with Crippen LogP contribution in [0.1, 0.15) is 33.3 Å². The Bertz CT molecular complexity index is 541. The first-order valence-corrected chi connectivity index (χ1v) is 7.65. The van der Waals surface area contributed by atoms with E-state index in [1.807, 2.05) is 29.2 Å². The summed E-state index contributed by atoms with van der Waals surface area (Å²) in [5.74, 6) is 0.402. The lowest BCUT2D eigenvalue weighted by atomic mass is 10.1. The number of piperazine rings is 1. The molecule has 5 heteroatoms. The number of nitrogens with zero attached hydrogens (tertiary/aromatic N) is 2. The van der Waals surface area contributed by atoms with Crippen LogP contribution in [0.3, 0.4) is 0 Å². The van der Waals surface area contributed by atoms with Crippen LogP contribution in [0.4, 0.5) is 0 Å². The van der Waals surface area contributed by atoms with Crippen LogP contribution >= 0.6 is 0 Å². The Hall–Kier alpha value is -1.88. The average Bonchev–Trinajstić information content (AvgIpc) is 2.43. The molecule has 120 valence electrons. The largest absolute Gasteiger partial charge is 0.427 e. The molecule has 1 amide bonds. The summed E-state index contributed by atoms with van der Waals surface area (Å²) in [5, 5.41) is 0. The summed E-state index contributed by atoms with van der Waals surface area (Å²) in [7, 11) is 0. The molecule has 1 aliphatic heterocycles. The van der Waals surface area contributed by atoms with Crippen molar-refractivity contribution in [2.75, 3.05) is 13.1 Å². The first kappa shape index (κ1) is 16.5. The molecule has 5 nitrogen and oxygen atoms in total. The molecule has 2 atom stereocenters. The number of benzene rings is 1. The molecule has 0 aliphatic carbocycles. The molecule has 2 rings (SSSR count). The Kier molecular flexibility index (Phi) is 5.19. The van der Waals surface area contributed by atoms with Gasteiger partial charge in [-0.15, -0.1) is 0 Å². The van der Waals surface area contributed by atoms with Gasteiger partial charge in [-0.25, -0.2) is 0 Å². The summed E-state index contributed by atoms with van der Waals surface area (Å²) in [5.41, 5.74) is 1.17. The highest BCUT2D eigenvalue weighted by atomic mass is 16.5. The lowest BCUT2D eigenvalue weighted by Crippen LogP contribution is -2.57. The van der Waals surface area contributed by atoms with Crippen molar-refractivity contribution in [3.63, 3.8) is 0 Å². The van der Waals surface area contributed by atoms with Crippen molar-refractivity contribution in [2.45, 2.75) is 46.3 Å². The van der Waals surface area contributed by atoms with Gasteiger partial charge in [-0.05, 0) is 31.5 Å². The van der Waals surface area contributed by atoms with Crippen LogP contribution in [0, 0.1) is 0 Å². The van der Waals surface area contributed by atoms with Gasteiger partial charge in [0.1, 0.15) is 5.75 Å². The SMILES string of the molecule is CC(=O)Oc1ccc(CN2C[C@H](C)N(C(C)=O)C[C@@H]2C)cc1. The van der Waals surface area contributed by atoms with Crippen LogP contribution in [-0.2, 0) is 16.1 Å². The standard InChI is InChI=1S/C17H24N2O3/c1-12-10-19(14(3)20)13(2)9-18(12)11-16-5-7-17(8-6-16)22-15(4)21/h5-8,12-13H,9-11H2,1-4H3/t12-,13-/m0/s1. The van der Waals surface area contributed by atoms with E-state index >= 15 is 0 Å². The number of carbonyl (C=O) groups is 2. The minimum atomic E-state index is -0.310. The van der Waals surface area contributed by atoms with Gasteiger partial charge in [-0.1, -0.05) is 12.1 Å². The van der Waals surface area contributed by atoms with Gasteiger partial charge in [-0.3, -0.25) is 14.5 Å². The van der Waals surface area contributed by atoms with Crippen molar-refractivity contribution in [3.05, 3.63) is 29.8 Å². The molecule has 0 bridgehead atoms. The van der Waals surface area contributed by atoms with Crippen molar-refractivity contribution >= 4 is 11.9 Å². The third-order valence-electron chi connectivity index (χ3n) is 4.09. The van der Waals surface area contributed by atoms with Gasteiger partial charge in [0.2, 0.25) is 5.91 Å². The quantitative estimate of drug-likeness (QED) is 0.633. The Morgan fingerprint density at radius 1 is 1.09 bits per heavy atom. The predicted molar refractivity (Wildman–Crippen MR) is 84.5 cm³/mol. The Morgan fingerprint density at radius 2 is 1.73 bits per heavy atom. The third kappa shape index (κ3) is 4.07. The molecule has 0 aromatic heterocycles. The van der Waals surface area contributed by atoms with E-state index in [-0.39, 0.29) is 17.9 Å². The molecule has 0 spiro atoms. The third-order valence-corrected chi connectivity index (χ3v) is 4.09. The topological polar surface area (TPSA) is 49.9 Å². The molecule has 0 unspecified atom stereocenters. The molecule has 0 radical (unpaired) electrons. The minimum Gasteiger partial charge on any atom is -0.427 e. The van der Waals surface area contributed by atoms with Crippen LogP contribution in [0.25, 0.3) is 0 Å². The fourth-order valence-corrected chi connectivity index (χ4v) is 2.92. The maximum Gasteiger partial charge on any atom is 0.308 e. The van der Waals surface area contributed by atoms with E-state index in [0.29, 0.717) is 11.8 Å². The molecule has 1 aliphatic rings. The van der Waals surface area contributed by atoms with Crippen molar-refractivity contribution in [1.29, 1.82) is 0 Å². The number of ether oxygens (including phenoxy) is 1. The number of esters is 1. The molecule has 0 N–H and O–H groups in total. The fourth-order valence-electron chi connectivity index (χ4n) is 2.92. The van der Waals surface area contributed by atoms with Crippen LogP contribution in [0.15, 0.2) is 24.3 Å². The molecule has 0 saturated carbocycles. The van der Waals surface area contributed by atoms with Gasteiger partial charge in [0.25, 0.3) is 0 Å². The number of carbonyl (C=O) groups excluding carboxylic acids is 2. The second kappa shape index (κ2) is 6.92. The molecule has 1 aromatic rings. The Labute approximate surface area is 131 Å². The van der Waals surface area contributed by atoms with E-state index in [0.717, 1.165) is 19.6 Å². The van der Waals surface area contributed by atoms with Gasteiger partial charge in [0.15, 0.2) is 0 Å². The maximum atomic E-state index is 11.6.